The fourth-order valence-corrected chi connectivity index (χ4v) is 6.60. The number of hydrogen-bond acceptors (Lipinski definition) is 8. The molecule has 4 aliphatic carbocycles. The molecule has 9 nitrogen and oxygen atoms in total. The fourth-order valence-electron chi connectivity index (χ4n) is 6.60. The summed E-state index contributed by atoms with van der Waals surface area (Å²) >= 11 is 0. The van der Waals surface area contributed by atoms with Gasteiger partial charge in [0.1, 0.15) is 11.6 Å². The Labute approximate surface area is 192 Å². The summed E-state index contributed by atoms with van der Waals surface area (Å²) < 4.78 is 5.36. The van der Waals surface area contributed by atoms with Crippen molar-refractivity contribution >= 4 is 17.6 Å². The summed E-state index contributed by atoms with van der Waals surface area (Å²) in [5, 5.41) is 25.3. The Morgan fingerprint density at radius 2 is 1.88 bits per heavy atom. The highest BCUT2D eigenvalue weighted by Crippen LogP contribution is 2.58. The smallest absolute Gasteiger partial charge is 0.225 e. The predicted molar refractivity (Wildman–Crippen MR) is 124 cm³/mol. The number of anilines is 3. The van der Waals surface area contributed by atoms with E-state index in [4.69, 9.17) is 14.7 Å². The average molecular weight is 448 g/mol. The predicted octanol–water partition coefficient (Wildman–Crippen LogP) is 3.82. The first-order valence-electron chi connectivity index (χ1n) is 11.6. The van der Waals surface area contributed by atoms with Crippen molar-refractivity contribution in [2.45, 2.75) is 56.6 Å². The minimum atomic E-state index is -0.556. The molecule has 3 aromatic rings. The van der Waals surface area contributed by atoms with Crippen LogP contribution >= 0.6 is 0 Å². The first-order chi connectivity index (χ1) is 15.9. The van der Waals surface area contributed by atoms with Gasteiger partial charge in [-0.25, -0.2) is 4.98 Å². The van der Waals surface area contributed by atoms with Gasteiger partial charge in [0, 0.05) is 35.1 Å². The molecule has 9 heteroatoms. The standard InChI is InChI=1S/C24H29N7O2/c1-14-3-21(31-30-14)27-20-6-19(17-5-18(33-2)12-25-11-17)26-22(28-20)29-23-7-15-4-16(8-23)10-24(32,9-15)13-23/h3,5-6,11-12,15-16,32H,4,7-10,13H2,1-2H3,(H3,26,27,28,29,30,31). The maximum Gasteiger partial charge on any atom is 0.225 e. The molecule has 172 valence electrons. The molecular weight excluding hydrogens is 418 g/mol. The zero-order chi connectivity index (χ0) is 22.6. The van der Waals surface area contributed by atoms with Crippen LogP contribution in [0.4, 0.5) is 17.6 Å². The van der Waals surface area contributed by atoms with Gasteiger partial charge in [0.15, 0.2) is 5.82 Å². The summed E-state index contributed by atoms with van der Waals surface area (Å²) in [7, 11) is 1.62. The Kier molecular flexibility index (Phi) is 4.58. The van der Waals surface area contributed by atoms with Crippen LogP contribution in [0, 0.1) is 18.8 Å². The van der Waals surface area contributed by atoms with Crippen LogP contribution in [-0.4, -0.2) is 48.5 Å². The number of aryl methyl sites for hydroxylation is 1. The van der Waals surface area contributed by atoms with Crippen molar-refractivity contribution in [1.29, 1.82) is 0 Å². The molecule has 3 heterocycles. The molecule has 4 fully saturated rings. The van der Waals surface area contributed by atoms with Gasteiger partial charge in [0.2, 0.25) is 5.95 Å². The van der Waals surface area contributed by atoms with E-state index in [1.807, 2.05) is 25.1 Å². The molecule has 0 spiro atoms. The van der Waals surface area contributed by atoms with E-state index in [-0.39, 0.29) is 5.54 Å². The van der Waals surface area contributed by atoms with Gasteiger partial charge < -0.3 is 20.5 Å². The average Bonchev–Trinajstić information content (AvgIpc) is 3.16. The van der Waals surface area contributed by atoms with Gasteiger partial charge in [-0.15, -0.1) is 0 Å². The van der Waals surface area contributed by atoms with E-state index in [1.165, 1.54) is 6.42 Å². The number of pyridine rings is 1. The van der Waals surface area contributed by atoms with Crippen LogP contribution in [0.3, 0.4) is 0 Å². The zero-order valence-corrected chi connectivity index (χ0v) is 18.9. The first-order valence-corrected chi connectivity index (χ1v) is 11.6. The largest absolute Gasteiger partial charge is 0.495 e. The second-order valence-corrected chi connectivity index (χ2v) is 10.2. The van der Waals surface area contributed by atoms with Crippen LogP contribution in [0.1, 0.15) is 44.2 Å². The maximum atomic E-state index is 11.2. The highest BCUT2D eigenvalue weighted by Gasteiger charge is 2.57. The minimum Gasteiger partial charge on any atom is -0.495 e. The van der Waals surface area contributed by atoms with Gasteiger partial charge in [-0.05, 0) is 63.4 Å². The van der Waals surface area contributed by atoms with E-state index in [0.29, 0.717) is 35.2 Å². The minimum absolute atomic E-state index is 0.162. The summed E-state index contributed by atoms with van der Waals surface area (Å²) in [5.74, 6) is 3.69. The monoisotopic (exact) mass is 447 g/mol. The summed E-state index contributed by atoms with van der Waals surface area (Å²) in [5.41, 5.74) is 1.81. The third kappa shape index (κ3) is 3.90. The summed E-state index contributed by atoms with van der Waals surface area (Å²) in [6.07, 6.45) is 9.39. The molecule has 4 bridgehead atoms. The lowest BCUT2D eigenvalue weighted by molar-refractivity contribution is -0.127. The molecule has 0 aromatic carbocycles. The lowest BCUT2D eigenvalue weighted by atomic mass is 9.51. The molecule has 4 N–H and O–H groups in total. The van der Waals surface area contributed by atoms with E-state index in [0.717, 1.165) is 49.1 Å². The highest BCUT2D eigenvalue weighted by molar-refractivity contribution is 5.67. The SMILES string of the molecule is COc1cncc(-c2cc(Nc3cc(C)[nH]n3)nc(NC34CC5CC(CC(O)(C5)C3)C4)n2)c1. The number of nitrogens with one attached hydrogen (secondary N) is 3. The molecule has 2 atom stereocenters. The Morgan fingerprint density at radius 1 is 1.06 bits per heavy atom. The number of rotatable bonds is 6. The lowest BCUT2D eigenvalue weighted by Crippen LogP contribution is -2.62. The third-order valence-corrected chi connectivity index (χ3v) is 7.34. The zero-order valence-electron chi connectivity index (χ0n) is 18.9. The van der Waals surface area contributed by atoms with Crippen molar-refractivity contribution in [3.63, 3.8) is 0 Å². The summed E-state index contributed by atoms with van der Waals surface area (Å²) in [4.78, 5) is 13.9. The van der Waals surface area contributed by atoms with E-state index < -0.39 is 5.60 Å². The number of methoxy groups -OCH3 is 1. The molecule has 0 saturated heterocycles. The highest BCUT2D eigenvalue weighted by atomic mass is 16.5. The maximum absolute atomic E-state index is 11.2. The number of aliphatic hydroxyl groups is 1. The molecule has 0 aliphatic heterocycles. The van der Waals surface area contributed by atoms with E-state index in [1.54, 1.807) is 19.5 Å². The second kappa shape index (κ2) is 7.41. The Morgan fingerprint density at radius 3 is 2.58 bits per heavy atom. The Bertz CT molecular complexity index is 1180. The Balaban J connectivity index is 1.37. The normalized spacial score (nSPS) is 29.8. The summed E-state index contributed by atoms with van der Waals surface area (Å²) in [6, 6.07) is 5.73. The molecule has 33 heavy (non-hydrogen) atoms. The van der Waals surface area contributed by atoms with Gasteiger partial charge in [0.05, 0.1) is 24.6 Å². The summed E-state index contributed by atoms with van der Waals surface area (Å²) in [6.45, 7) is 1.95. The number of nitrogens with zero attached hydrogens (tertiary/aromatic N) is 4. The second-order valence-electron chi connectivity index (χ2n) is 10.2. The number of hydrogen-bond donors (Lipinski definition) is 4. The van der Waals surface area contributed by atoms with Crippen molar-refractivity contribution in [1.82, 2.24) is 25.1 Å². The molecule has 7 rings (SSSR count). The van der Waals surface area contributed by atoms with Crippen molar-refractivity contribution in [2.75, 3.05) is 17.7 Å². The quantitative estimate of drug-likeness (QED) is 0.450. The van der Waals surface area contributed by atoms with Gasteiger partial charge in [-0.1, -0.05) is 0 Å². The Hall–Kier alpha value is -3.20. The number of aromatic nitrogens is 5. The van der Waals surface area contributed by atoms with Crippen molar-refractivity contribution in [3.05, 3.63) is 36.3 Å². The van der Waals surface area contributed by atoms with E-state index in [9.17, 15) is 5.11 Å². The van der Waals surface area contributed by atoms with Crippen LogP contribution < -0.4 is 15.4 Å². The molecule has 0 radical (unpaired) electrons. The van der Waals surface area contributed by atoms with Gasteiger partial charge in [-0.2, -0.15) is 10.1 Å². The molecule has 2 unspecified atom stereocenters. The van der Waals surface area contributed by atoms with Crippen LogP contribution in [0.5, 0.6) is 5.75 Å². The molecule has 4 aliphatic rings. The number of ether oxygens (including phenoxy) is 1. The first kappa shape index (κ1) is 20.4. The van der Waals surface area contributed by atoms with Crippen molar-refractivity contribution in [3.8, 4) is 17.0 Å². The van der Waals surface area contributed by atoms with Gasteiger partial charge in [0.25, 0.3) is 0 Å². The van der Waals surface area contributed by atoms with E-state index in [2.05, 4.69) is 25.8 Å². The van der Waals surface area contributed by atoms with Crippen molar-refractivity contribution < 1.29 is 9.84 Å². The molecule has 3 aromatic heterocycles. The van der Waals surface area contributed by atoms with Gasteiger partial charge in [-0.3, -0.25) is 10.1 Å². The third-order valence-electron chi connectivity index (χ3n) is 7.34. The lowest BCUT2D eigenvalue weighted by Gasteiger charge is -2.60. The van der Waals surface area contributed by atoms with Crippen LogP contribution in [0.25, 0.3) is 11.3 Å². The fraction of sp³-hybridized carbons (Fsp3) is 0.500. The van der Waals surface area contributed by atoms with Crippen LogP contribution in [0.2, 0.25) is 0 Å². The van der Waals surface area contributed by atoms with Crippen LogP contribution in [0.15, 0.2) is 30.6 Å². The van der Waals surface area contributed by atoms with Crippen LogP contribution in [-0.2, 0) is 0 Å². The van der Waals surface area contributed by atoms with Gasteiger partial charge >= 0.3 is 0 Å². The topological polar surface area (TPSA) is 121 Å². The van der Waals surface area contributed by atoms with Crippen molar-refractivity contribution in [2.24, 2.45) is 11.8 Å². The molecule has 4 saturated carbocycles. The molecule has 0 amide bonds. The number of H-pyrrole nitrogens is 1. The van der Waals surface area contributed by atoms with E-state index >= 15 is 0 Å². The number of aromatic amines is 1. The molecular formula is C24H29N7O2.